The molecule has 1 atom stereocenters. The van der Waals surface area contributed by atoms with Crippen LogP contribution in [0.3, 0.4) is 0 Å². The van der Waals surface area contributed by atoms with E-state index in [1.807, 2.05) is 6.07 Å². The van der Waals surface area contributed by atoms with E-state index < -0.39 is 0 Å². The second kappa shape index (κ2) is 3.84. The molecule has 1 aliphatic rings. The number of hydrogen-bond donors (Lipinski definition) is 1. The summed E-state index contributed by atoms with van der Waals surface area (Å²) in [6.45, 7) is 1.90. The van der Waals surface area contributed by atoms with Crippen molar-refractivity contribution in [1.82, 2.24) is 4.98 Å². The zero-order valence-electron chi connectivity index (χ0n) is 8.31. The smallest absolute Gasteiger partial charge is 0.130 e. The van der Waals surface area contributed by atoms with Gasteiger partial charge in [-0.3, -0.25) is 0 Å². The maximum atomic E-state index is 5.70. The predicted octanol–water partition coefficient (Wildman–Crippen LogP) is 0.889. The second-order valence-corrected chi connectivity index (χ2v) is 3.54. The van der Waals surface area contributed by atoms with Crippen molar-refractivity contribution < 1.29 is 4.74 Å². The maximum absolute atomic E-state index is 5.70. The van der Waals surface area contributed by atoms with Gasteiger partial charge in [-0.2, -0.15) is 0 Å². The van der Waals surface area contributed by atoms with Crippen molar-refractivity contribution in [3.8, 4) is 0 Å². The molecule has 0 spiro atoms. The van der Waals surface area contributed by atoms with E-state index in [0.717, 1.165) is 31.0 Å². The molecular weight excluding hydrogens is 178 g/mol. The molecule has 0 aromatic carbocycles. The normalized spacial score (nSPS) is 21.5. The average molecular weight is 193 g/mol. The molecule has 1 aliphatic heterocycles. The monoisotopic (exact) mass is 193 g/mol. The number of pyridine rings is 1. The van der Waals surface area contributed by atoms with Crippen LogP contribution in [0.5, 0.6) is 0 Å². The van der Waals surface area contributed by atoms with Crippen LogP contribution >= 0.6 is 0 Å². The number of hydrogen-bond acceptors (Lipinski definition) is 4. The molecule has 1 saturated heterocycles. The van der Waals surface area contributed by atoms with Crippen molar-refractivity contribution in [3.63, 3.8) is 0 Å². The van der Waals surface area contributed by atoms with Gasteiger partial charge in [0, 0.05) is 38.1 Å². The van der Waals surface area contributed by atoms with Gasteiger partial charge in [0.15, 0.2) is 0 Å². The van der Waals surface area contributed by atoms with Gasteiger partial charge in [0.1, 0.15) is 5.82 Å². The number of anilines is 2. The zero-order valence-corrected chi connectivity index (χ0v) is 8.31. The lowest BCUT2D eigenvalue weighted by Crippen LogP contribution is -2.23. The van der Waals surface area contributed by atoms with Crippen molar-refractivity contribution in [1.29, 1.82) is 0 Å². The standard InChI is InChI=1S/C10H15N3O/c1-14-9-3-5-13(7-9)10-6-8(11)2-4-12-10/h2,4,6,9H,3,5,7H2,1H3,(H2,11,12). The van der Waals surface area contributed by atoms with Crippen LogP contribution in [0, 0.1) is 0 Å². The van der Waals surface area contributed by atoms with Gasteiger partial charge < -0.3 is 15.4 Å². The lowest BCUT2D eigenvalue weighted by molar-refractivity contribution is 0.121. The van der Waals surface area contributed by atoms with Gasteiger partial charge in [0.05, 0.1) is 6.10 Å². The molecule has 2 heterocycles. The Balaban J connectivity index is 2.09. The molecule has 0 radical (unpaired) electrons. The van der Waals surface area contributed by atoms with Crippen molar-refractivity contribution in [2.24, 2.45) is 0 Å². The Labute approximate surface area is 83.7 Å². The third-order valence-electron chi connectivity index (χ3n) is 2.57. The summed E-state index contributed by atoms with van der Waals surface area (Å²) in [6.07, 6.45) is 3.14. The Morgan fingerprint density at radius 1 is 1.64 bits per heavy atom. The largest absolute Gasteiger partial charge is 0.399 e. The van der Waals surface area contributed by atoms with E-state index >= 15 is 0 Å². The molecule has 0 aliphatic carbocycles. The number of nitrogens with two attached hydrogens (primary N) is 1. The molecular formula is C10H15N3O. The van der Waals surface area contributed by atoms with Crippen LogP contribution in [0.25, 0.3) is 0 Å². The lowest BCUT2D eigenvalue weighted by atomic mass is 10.3. The van der Waals surface area contributed by atoms with Gasteiger partial charge in [0.25, 0.3) is 0 Å². The van der Waals surface area contributed by atoms with Crippen molar-refractivity contribution >= 4 is 11.5 Å². The first-order chi connectivity index (χ1) is 6.79. The summed E-state index contributed by atoms with van der Waals surface area (Å²) in [6, 6.07) is 3.70. The van der Waals surface area contributed by atoms with Crippen LogP contribution in [0.1, 0.15) is 6.42 Å². The molecule has 1 unspecified atom stereocenters. The SMILES string of the molecule is COC1CCN(c2cc(N)ccn2)C1. The van der Waals surface area contributed by atoms with E-state index in [9.17, 15) is 0 Å². The van der Waals surface area contributed by atoms with Crippen molar-refractivity contribution in [2.45, 2.75) is 12.5 Å². The summed E-state index contributed by atoms with van der Waals surface area (Å²) in [7, 11) is 1.75. The molecule has 2 rings (SSSR count). The summed E-state index contributed by atoms with van der Waals surface area (Å²) in [5, 5.41) is 0. The van der Waals surface area contributed by atoms with Gasteiger partial charge in [-0.25, -0.2) is 4.98 Å². The van der Waals surface area contributed by atoms with E-state index in [0.29, 0.717) is 6.10 Å². The minimum absolute atomic E-state index is 0.332. The van der Waals surface area contributed by atoms with Crippen LogP contribution in [-0.4, -0.2) is 31.3 Å². The van der Waals surface area contributed by atoms with E-state index in [1.54, 1.807) is 19.4 Å². The van der Waals surface area contributed by atoms with Crippen LogP contribution in [0.2, 0.25) is 0 Å². The van der Waals surface area contributed by atoms with E-state index in [-0.39, 0.29) is 0 Å². The van der Waals surface area contributed by atoms with Gasteiger partial charge in [0.2, 0.25) is 0 Å². The van der Waals surface area contributed by atoms with Crippen LogP contribution in [0.15, 0.2) is 18.3 Å². The molecule has 4 nitrogen and oxygen atoms in total. The van der Waals surface area contributed by atoms with E-state index in [1.165, 1.54) is 0 Å². The molecule has 0 amide bonds. The molecule has 76 valence electrons. The fraction of sp³-hybridized carbons (Fsp3) is 0.500. The minimum atomic E-state index is 0.332. The highest BCUT2D eigenvalue weighted by molar-refractivity contribution is 5.50. The number of ether oxygens (including phenoxy) is 1. The first-order valence-corrected chi connectivity index (χ1v) is 4.79. The third kappa shape index (κ3) is 1.80. The second-order valence-electron chi connectivity index (χ2n) is 3.54. The highest BCUT2D eigenvalue weighted by Gasteiger charge is 2.22. The molecule has 1 fully saturated rings. The quantitative estimate of drug-likeness (QED) is 0.757. The van der Waals surface area contributed by atoms with Crippen LogP contribution in [0.4, 0.5) is 11.5 Å². The Bertz CT molecular complexity index is 316. The summed E-state index contributed by atoms with van der Waals surface area (Å²) in [5.41, 5.74) is 6.46. The molecule has 4 heteroatoms. The summed E-state index contributed by atoms with van der Waals surface area (Å²) >= 11 is 0. The first-order valence-electron chi connectivity index (χ1n) is 4.79. The molecule has 1 aromatic heterocycles. The number of nitrogen functional groups attached to an aromatic ring is 1. The number of rotatable bonds is 2. The molecule has 0 bridgehead atoms. The number of aromatic nitrogens is 1. The Kier molecular flexibility index (Phi) is 2.54. The Hall–Kier alpha value is -1.29. The fourth-order valence-electron chi connectivity index (χ4n) is 1.74. The highest BCUT2D eigenvalue weighted by atomic mass is 16.5. The topological polar surface area (TPSA) is 51.4 Å². The maximum Gasteiger partial charge on any atom is 0.130 e. The van der Waals surface area contributed by atoms with E-state index in [4.69, 9.17) is 10.5 Å². The Morgan fingerprint density at radius 2 is 2.50 bits per heavy atom. The van der Waals surface area contributed by atoms with E-state index in [2.05, 4.69) is 9.88 Å². The molecule has 1 aromatic rings. The van der Waals surface area contributed by atoms with Crippen LogP contribution < -0.4 is 10.6 Å². The first kappa shape index (κ1) is 9.27. The average Bonchev–Trinajstić information content (AvgIpc) is 2.66. The van der Waals surface area contributed by atoms with Crippen molar-refractivity contribution in [3.05, 3.63) is 18.3 Å². The van der Waals surface area contributed by atoms with Gasteiger partial charge in [-0.15, -0.1) is 0 Å². The van der Waals surface area contributed by atoms with Crippen LogP contribution in [-0.2, 0) is 4.74 Å². The lowest BCUT2D eigenvalue weighted by Gasteiger charge is -2.16. The predicted molar refractivity (Wildman–Crippen MR) is 56.3 cm³/mol. The fourth-order valence-corrected chi connectivity index (χ4v) is 1.74. The molecule has 0 saturated carbocycles. The van der Waals surface area contributed by atoms with Gasteiger partial charge in [-0.1, -0.05) is 0 Å². The molecule has 14 heavy (non-hydrogen) atoms. The van der Waals surface area contributed by atoms with Crippen molar-refractivity contribution in [2.75, 3.05) is 30.8 Å². The summed E-state index contributed by atoms with van der Waals surface area (Å²) in [4.78, 5) is 6.48. The summed E-state index contributed by atoms with van der Waals surface area (Å²) in [5.74, 6) is 0.949. The zero-order chi connectivity index (χ0) is 9.97. The molecule has 2 N–H and O–H groups in total. The van der Waals surface area contributed by atoms with Gasteiger partial charge in [-0.05, 0) is 12.5 Å². The Morgan fingerprint density at radius 3 is 3.14 bits per heavy atom. The highest BCUT2D eigenvalue weighted by Crippen LogP contribution is 2.20. The number of nitrogens with zero attached hydrogens (tertiary/aromatic N) is 2. The summed E-state index contributed by atoms with van der Waals surface area (Å²) < 4.78 is 5.29. The third-order valence-corrected chi connectivity index (χ3v) is 2.57. The number of methoxy groups -OCH3 is 1. The minimum Gasteiger partial charge on any atom is -0.399 e. The van der Waals surface area contributed by atoms with Gasteiger partial charge >= 0.3 is 0 Å².